The van der Waals surface area contributed by atoms with E-state index in [1.807, 2.05) is 30.3 Å². The lowest BCUT2D eigenvalue weighted by Gasteiger charge is -2.16. The number of carbonyl (C=O) groups excluding carboxylic acids is 2. The van der Waals surface area contributed by atoms with Gasteiger partial charge in [-0.3, -0.25) is 9.69 Å². The van der Waals surface area contributed by atoms with E-state index in [0.29, 0.717) is 19.5 Å². The first-order valence-electron chi connectivity index (χ1n) is 10.8. The highest BCUT2D eigenvalue weighted by Gasteiger charge is 2.11. The predicted octanol–water partition coefficient (Wildman–Crippen LogP) is 6.06. The van der Waals surface area contributed by atoms with E-state index in [1.165, 1.54) is 69.1 Å². The van der Waals surface area contributed by atoms with Crippen LogP contribution in [-0.4, -0.2) is 23.9 Å². The Morgan fingerprint density at radius 1 is 0.852 bits per heavy atom. The maximum Gasteiger partial charge on any atom is 0.324 e. The van der Waals surface area contributed by atoms with Crippen LogP contribution in [0.5, 0.6) is 0 Å². The summed E-state index contributed by atoms with van der Waals surface area (Å²) in [6, 6.07) is 9.24. The van der Waals surface area contributed by atoms with Gasteiger partial charge < -0.3 is 5.32 Å². The molecule has 0 fully saturated rings. The lowest BCUT2D eigenvalue weighted by molar-refractivity contribution is -0.116. The van der Waals surface area contributed by atoms with Crippen LogP contribution in [-0.2, 0) is 11.3 Å². The topological polar surface area (TPSA) is 49.4 Å². The van der Waals surface area contributed by atoms with Crippen molar-refractivity contribution >= 4 is 12.4 Å². The second-order valence-corrected chi connectivity index (χ2v) is 7.34. The summed E-state index contributed by atoms with van der Waals surface area (Å²) < 4.78 is 0. The zero-order valence-corrected chi connectivity index (χ0v) is 17.1. The van der Waals surface area contributed by atoms with Gasteiger partial charge in [0.05, 0.1) is 6.54 Å². The van der Waals surface area contributed by atoms with Crippen molar-refractivity contribution in [1.29, 1.82) is 0 Å². The first-order chi connectivity index (χ1) is 13.3. The number of unbranched alkanes of at least 4 members (excludes halogenated alkanes) is 11. The number of imide groups is 1. The first-order valence-corrected chi connectivity index (χ1v) is 10.8. The molecule has 0 atom stereocenters. The predicted molar refractivity (Wildman–Crippen MR) is 113 cm³/mol. The summed E-state index contributed by atoms with van der Waals surface area (Å²) in [7, 11) is 0. The Bertz CT molecular complexity index is 490. The van der Waals surface area contributed by atoms with Crippen LogP contribution in [0.15, 0.2) is 30.3 Å². The van der Waals surface area contributed by atoms with E-state index in [1.54, 1.807) is 0 Å². The molecule has 0 unspecified atom stereocenters. The minimum Gasteiger partial charge on any atom is -0.338 e. The standard InChI is InChI=1S/C23H38N2O2/c1-2-3-4-5-6-7-8-9-10-11-12-16-19-24-23(27)25(21-26)20-22-17-14-13-15-18-22/h13-15,17-18,21H,2-12,16,19-20H2,1H3,(H,24,27). The molecule has 1 aromatic rings. The Morgan fingerprint density at radius 3 is 1.89 bits per heavy atom. The molecule has 1 N–H and O–H groups in total. The van der Waals surface area contributed by atoms with Crippen molar-refractivity contribution in [2.75, 3.05) is 6.54 Å². The van der Waals surface area contributed by atoms with Gasteiger partial charge in [0.15, 0.2) is 0 Å². The average molecular weight is 375 g/mol. The molecular weight excluding hydrogens is 336 g/mol. The average Bonchev–Trinajstić information content (AvgIpc) is 2.70. The highest BCUT2D eigenvalue weighted by Crippen LogP contribution is 2.11. The molecule has 27 heavy (non-hydrogen) atoms. The second kappa shape index (κ2) is 16.3. The molecular formula is C23H38N2O2. The van der Waals surface area contributed by atoms with Crippen molar-refractivity contribution in [2.45, 2.75) is 90.5 Å². The molecule has 0 aliphatic heterocycles. The molecule has 3 amide bonds. The molecule has 0 saturated heterocycles. The van der Waals surface area contributed by atoms with Crippen molar-refractivity contribution in [3.8, 4) is 0 Å². The zero-order chi connectivity index (χ0) is 19.6. The van der Waals surface area contributed by atoms with Gasteiger partial charge in [-0.15, -0.1) is 0 Å². The fourth-order valence-electron chi connectivity index (χ4n) is 3.20. The minimum absolute atomic E-state index is 0.308. The van der Waals surface area contributed by atoms with Gasteiger partial charge in [-0.2, -0.15) is 0 Å². The Labute approximate surface area is 165 Å². The maximum atomic E-state index is 12.1. The highest BCUT2D eigenvalue weighted by atomic mass is 16.2. The van der Waals surface area contributed by atoms with Gasteiger partial charge in [0.2, 0.25) is 6.41 Å². The van der Waals surface area contributed by atoms with Crippen LogP contribution in [0.2, 0.25) is 0 Å². The smallest absolute Gasteiger partial charge is 0.324 e. The molecule has 1 aromatic carbocycles. The van der Waals surface area contributed by atoms with Gasteiger partial charge in [-0.1, -0.05) is 108 Å². The lowest BCUT2D eigenvalue weighted by atomic mass is 10.1. The van der Waals surface area contributed by atoms with Crippen molar-refractivity contribution in [3.05, 3.63) is 35.9 Å². The van der Waals surface area contributed by atoms with E-state index in [9.17, 15) is 9.59 Å². The van der Waals surface area contributed by atoms with Gasteiger partial charge >= 0.3 is 6.03 Å². The van der Waals surface area contributed by atoms with Gasteiger partial charge in [0.1, 0.15) is 0 Å². The van der Waals surface area contributed by atoms with E-state index in [2.05, 4.69) is 12.2 Å². The third kappa shape index (κ3) is 12.2. The fraction of sp³-hybridized carbons (Fsp3) is 0.652. The van der Waals surface area contributed by atoms with Crippen molar-refractivity contribution in [2.24, 2.45) is 0 Å². The summed E-state index contributed by atoms with van der Waals surface area (Å²) in [5.74, 6) is 0. The number of nitrogens with zero attached hydrogens (tertiary/aromatic N) is 1. The second-order valence-electron chi connectivity index (χ2n) is 7.34. The lowest BCUT2D eigenvalue weighted by Crippen LogP contribution is -2.39. The largest absolute Gasteiger partial charge is 0.338 e. The number of nitrogens with one attached hydrogen (secondary N) is 1. The van der Waals surface area contributed by atoms with Crippen LogP contribution in [0.3, 0.4) is 0 Å². The Hall–Kier alpha value is -1.84. The number of rotatable bonds is 16. The summed E-state index contributed by atoms with van der Waals surface area (Å²) in [4.78, 5) is 24.4. The molecule has 0 heterocycles. The van der Waals surface area contributed by atoms with Gasteiger partial charge in [-0.05, 0) is 12.0 Å². The quantitative estimate of drug-likeness (QED) is 0.282. The zero-order valence-electron chi connectivity index (χ0n) is 17.1. The van der Waals surface area contributed by atoms with Crippen LogP contribution >= 0.6 is 0 Å². The Kier molecular flexibility index (Phi) is 14.0. The van der Waals surface area contributed by atoms with E-state index in [4.69, 9.17) is 0 Å². The number of urea groups is 1. The highest BCUT2D eigenvalue weighted by molar-refractivity contribution is 5.84. The molecule has 0 bridgehead atoms. The van der Waals surface area contributed by atoms with Gasteiger partial charge in [-0.25, -0.2) is 4.79 Å². The monoisotopic (exact) mass is 374 g/mol. The van der Waals surface area contributed by atoms with Crippen LogP contribution in [0, 0.1) is 0 Å². The summed E-state index contributed by atoms with van der Waals surface area (Å²) in [5.41, 5.74) is 0.949. The Balaban J connectivity index is 1.96. The van der Waals surface area contributed by atoms with Gasteiger partial charge in [0.25, 0.3) is 0 Å². The number of hydrogen-bond acceptors (Lipinski definition) is 2. The summed E-state index contributed by atoms with van der Waals surface area (Å²) >= 11 is 0. The fourth-order valence-corrected chi connectivity index (χ4v) is 3.20. The van der Waals surface area contributed by atoms with E-state index in [-0.39, 0.29) is 6.03 Å². The molecule has 0 aromatic heterocycles. The molecule has 1 rings (SSSR count). The molecule has 0 radical (unpaired) electrons. The van der Waals surface area contributed by atoms with E-state index in [0.717, 1.165) is 18.4 Å². The van der Waals surface area contributed by atoms with E-state index < -0.39 is 0 Å². The third-order valence-electron chi connectivity index (χ3n) is 4.89. The van der Waals surface area contributed by atoms with Crippen molar-refractivity contribution in [1.82, 2.24) is 10.2 Å². The SMILES string of the molecule is CCCCCCCCCCCCCCNC(=O)N(C=O)Cc1ccccc1. The molecule has 4 heteroatoms. The van der Waals surface area contributed by atoms with Crippen LogP contribution in [0.25, 0.3) is 0 Å². The van der Waals surface area contributed by atoms with Crippen LogP contribution in [0.4, 0.5) is 4.79 Å². The molecule has 0 aliphatic carbocycles. The number of carbonyl (C=O) groups is 2. The molecule has 0 saturated carbocycles. The summed E-state index contributed by atoms with van der Waals surface area (Å²) in [6.45, 7) is 3.21. The molecule has 0 aliphatic rings. The van der Waals surface area contributed by atoms with E-state index >= 15 is 0 Å². The minimum atomic E-state index is -0.308. The normalized spacial score (nSPS) is 10.6. The first kappa shape index (κ1) is 23.2. The van der Waals surface area contributed by atoms with Crippen LogP contribution in [0.1, 0.15) is 89.5 Å². The van der Waals surface area contributed by atoms with Crippen molar-refractivity contribution < 1.29 is 9.59 Å². The maximum absolute atomic E-state index is 12.1. The molecule has 4 nitrogen and oxygen atoms in total. The van der Waals surface area contributed by atoms with Gasteiger partial charge in [0, 0.05) is 6.54 Å². The molecule has 0 spiro atoms. The summed E-state index contributed by atoms with van der Waals surface area (Å²) in [5, 5.41) is 2.85. The van der Waals surface area contributed by atoms with Crippen molar-refractivity contribution in [3.63, 3.8) is 0 Å². The number of hydrogen-bond donors (Lipinski definition) is 1. The molecule has 152 valence electrons. The Morgan fingerprint density at radius 2 is 1.37 bits per heavy atom. The number of benzene rings is 1. The summed E-state index contributed by atoms with van der Waals surface area (Å²) in [6.07, 6.45) is 16.2. The number of amides is 3. The third-order valence-corrected chi connectivity index (χ3v) is 4.89. The van der Waals surface area contributed by atoms with Crippen LogP contribution < -0.4 is 5.32 Å².